The van der Waals surface area contributed by atoms with Gasteiger partial charge in [0.1, 0.15) is 11.5 Å². The summed E-state index contributed by atoms with van der Waals surface area (Å²) in [5, 5.41) is 8.42. The van der Waals surface area contributed by atoms with Crippen molar-refractivity contribution in [2.45, 2.75) is 6.92 Å². The maximum Gasteiger partial charge on any atom is 0.276 e. The molecule has 2 heterocycles. The Morgan fingerprint density at radius 3 is 2.47 bits per heavy atom. The lowest BCUT2D eigenvalue weighted by atomic mass is 10.1. The van der Waals surface area contributed by atoms with Crippen molar-refractivity contribution in [3.8, 4) is 22.9 Å². The fourth-order valence-electron chi connectivity index (χ4n) is 3.20. The van der Waals surface area contributed by atoms with Crippen LogP contribution in [0.2, 0.25) is 0 Å². The molecule has 0 aliphatic rings. The van der Waals surface area contributed by atoms with Crippen LogP contribution in [0.3, 0.4) is 0 Å². The summed E-state index contributed by atoms with van der Waals surface area (Å²) in [7, 11) is 0. The predicted molar refractivity (Wildman–Crippen MR) is 119 cm³/mol. The second kappa shape index (κ2) is 7.57. The molecule has 0 amide bonds. The first kappa shape index (κ1) is 18.3. The first-order valence-corrected chi connectivity index (χ1v) is 10.3. The molecule has 146 valence electrons. The van der Waals surface area contributed by atoms with Gasteiger partial charge in [0.25, 0.3) is 5.56 Å². The summed E-state index contributed by atoms with van der Waals surface area (Å²) in [5.74, 6) is 2.04. The van der Waals surface area contributed by atoms with Crippen LogP contribution in [0, 0.1) is 6.92 Å². The highest BCUT2D eigenvalue weighted by atomic mass is 32.1. The van der Waals surface area contributed by atoms with E-state index in [0.717, 1.165) is 22.4 Å². The van der Waals surface area contributed by atoms with Crippen molar-refractivity contribution in [2.75, 3.05) is 0 Å². The van der Waals surface area contributed by atoms with E-state index in [1.165, 1.54) is 11.3 Å². The Morgan fingerprint density at radius 2 is 1.67 bits per heavy atom. The second-order valence-electron chi connectivity index (χ2n) is 6.91. The maximum absolute atomic E-state index is 13.1. The van der Waals surface area contributed by atoms with Crippen LogP contribution in [0.1, 0.15) is 11.1 Å². The number of hydrogen-bond donors (Lipinski definition) is 0. The van der Waals surface area contributed by atoms with E-state index in [1.54, 1.807) is 4.40 Å². The fraction of sp³-hybridized carbons (Fsp3) is 0.0417. The Balaban J connectivity index is 1.54. The van der Waals surface area contributed by atoms with Crippen LogP contribution in [0.5, 0.6) is 11.5 Å². The number of ether oxygens (including phenoxy) is 1. The molecular weight excluding hydrogens is 394 g/mol. The number of aryl methyl sites for hydroxylation is 1. The van der Waals surface area contributed by atoms with Gasteiger partial charge < -0.3 is 4.74 Å². The van der Waals surface area contributed by atoms with E-state index in [1.807, 2.05) is 91.9 Å². The molecule has 5 aromatic rings. The van der Waals surface area contributed by atoms with Gasteiger partial charge in [-0.05, 0) is 42.8 Å². The molecule has 0 fully saturated rings. The average molecular weight is 411 g/mol. The highest BCUT2D eigenvalue weighted by Crippen LogP contribution is 2.22. The molecule has 2 aromatic heterocycles. The van der Waals surface area contributed by atoms with Crippen LogP contribution in [0.4, 0.5) is 0 Å². The molecule has 0 spiro atoms. The molecule has 0 N–H and O–H groups in total. The number of nitrogens with zero attached hydrogens (tertiary/aromatic N) is 3. The molecular formula is C24H17N3O2S. The number of benzene rings is 3. The fourth-order valence-corrected chi connectivity index (χ4v) is 4.11. The highest BCUT2D eigenvalue weighted by Gasteiger charge is 2.14. The van der Waals surface area contributed by atoms with E-state index in [4.69, 9.17) is 4.74 Å². The number of aromatic nitrogens is 3. The monoisotopic (exact) mass is 411 g/mol. The van der Waals surface area contributed by atoms with Gasteiger partial charge in [0, 0.05) is 5.56 Å². The zero-order valence-corrected chi connectivity index (χ0v) is 17.0. The summed E-state index contributed by atoms with van der Waals surface area (Å²) in [6.45, 7) is 2.02. The molecule has 30 heavy (non-hydrogen) atoms. The summed E-state index contributed by atoms with van der Waals surface area (Å²) >= 11 is 1.33. The molecule has 5 nitrogen and oxygen atoms in total. The van der Waals surface area contributed by atoms with Crippen LogP contribution in [0.25, 0.3) is 22.4 Å². The zero-order chi connectivity index (χ0) is 20.5. The Bertz CT molecular complexity index is 1440. The summed E-state index contributed by atoms with van der Waals surface area (Å²) < 4.78 is 8.07. The van der Waals surface area contributed by atoms with E-state index in [0.29, 0.717) is 21.1 Å². The molecule has 0 saturated carbocycles. The normalized spacial score (nSPS) is 11.8. The second-order valence-corrected chi connectivity index (χ2v) is 7.92. The third-order valence-electron chi connectivity index (χ3n) is 4.69. The minimum Gasteiger partial charge on any atom is -0.457 e. The number of rotatable bonds is 4. The van der Waals surface area contributed by atoms with Crippen molar-refractivity contribution < 1.29 is 4.74 Å². The van der Waals surface area contributed by atoms with E-state index in [-0.39, 0.29) is 5.56 Å². The van der Waals surface area contributed by atoms with Gasteiger partial charge in [-0.3, -0.25) is 4.79 Å². The Hall–Kier alpha value is -3.77. The molecule has 0 radical (unpaired) electrons. The summed E-state index contributed by atoms with van der Waals surface area (Å²) in [5.41, 5.74) is 2.78. The summed E-state index contributed by atoms with van der Waals surface area (Å²) in [4.78, 5) is 13.6. The molecule has 0 saturated heterocycles. The number of fused-ring (bicyclic) bond motifs is 1. The summed E-state index contributed by atoms with van der Waals surface area (Å²) in [6.07, 6.45) is 1.86. The van der Waals surface area contributed by atoms with Crippen molar-refractivity contribution in [1.82, 2.24) is 14.6 Å². The van der Waals surface area contributed by atoms with Crippen LogP contribution in [-0.4, -0.2) is 14.6 Å². The van der Waals surface area contributed by atoms with Gasteiger partial charge in [-0.15, -0.1) is 10.2 Å². The van der Waals surface area contributed by atoms with E-state index in [9.17, 15) is 4.79 Å². The average Bonchev–Trinajstić information content (AvgIpc) is 3.30. The smallest absolute Gasteiger partial charge is 0.276 e. The molecule has 0 atom stereocenters. The minimum absolute atomic E-state index is 0.120. The summed E-state index contributed by atoms with van der Waals surface area (Å²) in [6, 6.07) is 25.2. The van der Waals surface area contributed by atoms with Crippen molar-refractivity contribution in [1.29, 1.82) is 0 Å². The lowest BCUT2D eigenvalue weighted by Crippen LogP contribution is -2.23. The molecule has 0 aliphatic heterocycles. The first-order chi connectivity index (χ1) is 14.7. The van der Waals surface area contributed by atoms with Crippen molar-refractivity contribution in [3.63, 3.8) is 0 Å². The third-order valence-corrected chi connectivity index (χ3v) is 5.65. The molecule has 3 aromatic carbocycles. The maximum atomic E-state index is 13.1. The molecule has 5 rings (SSSR count). The van der Waals surface area contributed by atoms with Gasteiger partial charge in [-0.25, -0.2) is 4.40 Å². The van der Waals surface area contributed by atoms with Crippen molar-refractivity contribution >= 4 is 22.4 Å². The molecule has 0 bridgehead atoms. The van der Waals surface area contributed by atoms with E-state index in [2.05, 4.69) is 10.2 Å². The predicted octanol–water partition coefficient (Wildman–Crippen LogP) is 4.47. The topological polar surface area (TPSA) is 56.5 Å². The standard InChI is InChI=1S/C24H17N3O2S/c1-16-10-12-18(13-11-16)22-25-26-24-27(22)23(28)21(30-24)15-17-6-5-9-20(14-17)29-19-7-3-2-4-8-19/h2-15H,1H3/b21-15-. The van der Waals surface area contributed by atoms with Crippen molar-refractivity contribution in [2.24, 2.45) is 0 Å². The number of hydrogen-bond acceptors (Lipinski definition) is 5. The van der Waals surface area contributed by atoms with Crippen LogP contribution >= 0.6 is 11.3 Å². The number of para-hydroxylation sites is 1. The third kappa shape index (κ3) is 3.49. The zero-order valence-electron chi connectivity index (χ0n) is 16.1. The lowest BCUT2D eigenvalue weighted by Gasteiger charge is -2.05. The largest absolute Gasteiger partial charge is 0.457 e. The Kier molecular flexibility index (Phi) is 4.61. The number of thiazole rings is 1. The van der Waals surface area contributed by atoms with Crippen LogP contribution < -0.4 is 14.8 Å². The Labute approximate surface area is 176 Å². The van der Waals surface area contributed by atoms with Gasteiger partial charge in [-0.1, -0.05) is 71.5 Å². The first-order valence-electron chi connectivity index (χ1n) is 9.47. The molecule has 0 unspecified atom stereocenters. The quantitative estimate of drug-likeness (QED) is 0.438. The van der Waals surface area contributed by atoms with Gasteiger partial charge in [0.15, 0.2) is 5.82 Å². The van der Waals surface area contributed by atoms with Gasteiger partial charge in [0.05, 0.1) is 4.53 Å². The van der Waals surface area contributed by atoms with Gasteiger partial charge in [-0.2, -0.15) is 0 Å². The van der Waals surface area contributed by atoms with Gasteiger partial charge >= 0.3 is 0 Å². The van der Waals surface area contributed by atoms with Crippen LogP contribution in [0.15, 0.2) is 83.7 Å². The SMILES string of the molecule is Cc1ccc(-c2nnc3s/c(=C\c4cccc(Oc5ccccc5)c4)c(=O)n23)cc1. The van der Waals surface area contributed by atoms with E-state index < -0.39 is 0 Å². The molecule has 6 heteroatoms. The minimum atomic E-state index is -0.120. The highest BCUT2D eigenvalue weighted by molar-refractivity contribution is 7.15. The van der Waals surface area contributed by atoms with Crippen LogP contribution in [-0.2, 0) is 0 Å². The van der Waals surface area contributed by atoms with E-state index >= 15 is 0 Å². The molecule has 0 aliphatic carbocycles. The van der Waals surface area contributed by atoms with Crippen molar-refractivity contribution in [3.05, 3.63) is 105 Å². The Morgan fingerprint density at radius 1 is 0.900 bits per heavy atom. The lowest BCUT2D eigenvalue weighted by molar-refractivity contribution is 0.482. The van der Waals surface area contributed by atoms with Gasteiger partial charge in [0.2, 0.25) is 4.96 Å².